The summed E-state index contributed by atoms with van der Waals surface area (Å²) < 4.78 is 0. The molecule has 1 aromatic carbocycles. The second kappa shape index (κ2) is 5.19. The van der Waals surface area contributed by atoms with E-state index in [2.05, 4.69) is 43.4 Å². The minimum absolute atomic E-state index is 0.0862. The number of benzene rings is 1. The normalized spacial score (nSPS) is 18.3. The van der Waals surface area contributed by atoms with Gasteiger partial charge in [0.1, 0.15) is 0 Å². The molecule has 3 N–H and O–H groups in total. The van der Waals surface area contributed by atoms with E-state index in [0.717, 1.165) is 19.0 Å². The summed E-state index contributed by atoms with van der Waals surface area (Å²) in [6, 6.07) is 9.02. The van der Waals surface area contributed by atoms with Gasteiger partial charge in [0.25, 0.3) is 0 Å². The summed E-state index contributed by atoms with van der Waals surface area (Å²) in [5.41, 5.74) is 8.81. The van der Waals surface area contributed by atoms with Gasteiger partial charge in [-0.2, -0.15) is 0 Å². The molecule has 2 heteroatoms. The van der Waals surface area contributed by atoms with E-state index in [0.29, 0.717) is 6.54 Å². The fourth-order valence-corrected chi connectivity index (χ4v) is 2.49. The Morgan fingerprint density at radius 2 is 2.00 bits per heavy atom. The van der Waals surface area contributed by atoms with Crippen LogP contribution in [0.3, 0.4) is 0 Å². The Labute approximate surface area is 105 Å². The number of hydrogen-bond donors (Lipinski definition) is 2. The van der Waals surface area contributed by atoms with Gasteiger partial charge in [-0.15, -0.1) is 0 Å². The molecule has 1 fully saturated rings. The summed E-state index contributed by atoms with van der Waals surface area (Å²) in [7, 11) is 0. The van der Waals surface area contributed by atoms with Crippen molar-refractivity contribution in [3.05, 3.63) is 35.4 Å². The second-order valence-electron chi connectivity index (χ2n) is 5.74. The van der Waals surface area contributed by atoms with Crippen molar-refractivity contribution >= 4 is 0 Å². The molecule has 1 heterocycles. The van der Waals surface area contributed by atoms with Gasteiger partial charge in [-0.3, -0.25) is 0 Å². The fraction of sp³-hybridized carbons (Fsp3) is 0.600. The Hall–Kier alpha value is -0.860. The maximum Gasteiger partial charge on any atom is 0.00191 e. The van der Waals surface area contributed by atoms with Crippen LogP contribution in [0.2, 0.25) is 0 Å². The van der Waals surface area contributed by atoms with E-state index < -0.39 is 0 Å². The summed E-state index contributed by atoms with van der Waals surface area (Å²) in [4.78, 5) is 0. The minimum Gasteiger partial charge on any atom is -0.330 e. The smallest absolute Gasteiger partial charge is 0.00191 e. The third kappa shape index (κ3) is 2.88. The number of hydrogen-bond acceptors (Lipinski definition) is 2. The van der Waals surface area contributed by atoms with Gasteiger partial charge in [-0.25, -0.2) is 0 Å². The van der Waals surface area contributed by atoms with E-state index in [-0.39, 0.29) is 5.41 Å². The first-order chi connectivity index (χ1) is 8.13. The zero-order valence-electron chi connectivity index (χ0n) is 11.0. The molecule has 0 radical (unpaired) electrons. The molecule has 0 amide bonds. The molecule has 2 nitrogen and oxygen atoms in total. The van der Waals surface area contributed by atoms with Gasteiger partial charge in [0.05, 0.1) is 0 Å². The van der Waals surface area contributed by atoms with E-state index in [1.807, 2.05) is 0 Å². The van der Waals surface area contributed by atoms with Gasteiger partial charge in [0, 0.05) is 12.0 Å². The topological polar surface area (TPSA) is 38.0 Å². The van der Waals surface area contributed by atoms with E-state index in [1.165, 1.54) is 24.0 Å². The first kappa shape index (κ1) is 12.6. The monoisotopic (exact) mass is 232 g/mol. The molecule has 1 aromatic rings. The molecule has 0 atom stereocenters. The lowest BCUT2D eigenvalue weighted by Gasteiger charge is -2.27. The highest BCUT2D eigenvalue weighted by Gasteiger charge is 2.21. The highest BCUT2D eigenvalue weighted by atomic mass is 14.9. The van der Waals surface area contributed by atoms with E-state index in [4.69, 9.17) is 5.73 Å². The van der Waals surface area contributed by atoms with Crippen molar-refractivity contribution < 1.29 is 0 Å². The lowest BCUT2D eigenvalue weighted by molar-refractivity contribution is 0.458. The van der Waals surface area contributed by atoms with Crippen LogP contribution in [0.25, 0.3) is 0 Å². The molecular weight excluding hydrogens is 208 g/mol. The summed E-state index contributed by atoms with van der Waals surface area (Å²) in [5, 5.41) is 3.42. The predicted octanol–water partition coefficient (Wildman–Crippen LogP) is 2.39. The van der Waals surface area contributed by atoms with Crippen LogP contribution >= 0.6 is 0 Å². The van der Waals surface area contributed by atoms with Gasteiger partial charge in [-0.05, 0) is 43.0 Å². The van der Waals surface area contributed by atoms with Gasteiger partial charge in [0.15, 0.2) is 0 Å². The van der Waals surface area contributed by atoms with Crippen LogP contribution in [0, 0.1) is 0 Å². The van der Waals surface area contributed by atoms with Gasteiger partial charge >= 0.3 is 0 Å². The van der Waals surface area contributed by atoms with E-state index >= 15 is 0 Å². The molecule has 1 aliphatic heterocycles. The van der Waals surface area contributed by atoms with Crippen LogP contribution < -0.4 is 11.1 Å². The highest BCUT2D eigenvalue weighted by Crippen LogP contribution is 2.29. The van der Waals surface area contributed by atoms with Gasteiger partial charge in [-0.1, -0.05) is 38.1 Å². The fourth-order valence-electron chi connectivity index (χ4n) is 2.49. The molecule has 0 unspecified atom stereocenters. The Morgan fingerprint density at radius 3 is 2.65 bits per heavy atom. The van der Waals surface area contributed by atoms with Crippen LogP contribution in [-0.2, 0) is 5.41 Å². The maximum atomic E-state index is 5.86. The lowest BCUT2D eigenvalue weighted by Crippen LogP contribution is -2.29. The lowest BCUT2D eigenvalue weighted by atomic mass is 9.81. The van der Waals surface area contributed by atoms with Crippen LogP contribution in [-0.4, -0.2) is 19.6 Å². The van der Waals surface area contributed by atoms with E-state index in [1.54, 1.807) is 0 Å². The van der Waals surface area contributed by atoms with Crippen molar-refractivity contribution in [3.63, 3.8) is 0 Å². The molecule has 0 aromatic heterocycles. The quantitative estimate of drug-likeness (QED) is 0.840. The van der Waals surface area contributed by atoms with Crippen molar-refractivity contribution in [2.45, 2.75) is 38.0 Å². The number of nitrogens with two attached hydrogens (primary N) is 1. The molecule has 0 aliphatic carbocycles. The van der Waals surface area contributed by atoms with Crippen LogP contribution in [0.4, 0.5) is 0 Å². The zero-order chi connectivity index (χ0) is 12.3. The number of rotatable bonds is 3. The molecule has 0 saturated carbocycles. The molecule has 1 aliphatic rings. The molecule has 1 saturated heterocycles. The molecule has 0 bridgehead atoms. The summed E-state index contributed by atoms with van der Waals surface area (Å²) >= 11 is 0. The van der Waals surface area contributed by atoms with Gasteiger partial charge < -0.3 is 11.1 Å². The van der Waals surface area contributed by atoms with Gasteiger partial charge in [0.2, 0.25) is 0 Å². The summed E-state index contributed by atoms with van der Waals surface area (Å²) in [5.74, 6) is 0.727. The Morgan fingerprint density at radius 1 is 1.29 bits per heavy atom. The number of nitrogens with one attached hydrogen (secondary N) is 1. The SMILES string of the molecule is CC(C)(CN)c1cccc(C2CCNCC2)c1. The van der Waals surface area contributed by atoms with Crippen molar-refractivity contribution in [2.75, 3.05) is 19.6 Å². The Bertz CT molecular complexity index is 365. The molecule has 0 spiro atoms. The number of piperidine rings is 1. The summed E-state index contributed by atoms with van der Waals surface area (Å²) in [6.45, 7) is 7.43. The van der Waals surface area contributed by atoms with Crippen molar-refractivity contribution in [1.29, 1.82) is 0 Å². The first-order valence-electron chi connectivity index (χ1n) is 6.65. The zero-order valence-corrected chi connectivity index (χ0v) is 11.0. The molecule has 17 heavy (non-hydrogen) atoms. The van der Waals surface area contributed by atoms with Crippen molar-refractivity contribution in [3.8, 4) is 0 Å². The largest absolute Gasteiger partial charge is 0.330 e. The maximum absolute atomic E-state index is 5.86. The second-order valence-corrected chi connectivity index (χ2v) is 5.74. The molecule has 2 rings (SSSR count). The van der Waals surface area contributed by atoms with Crippen LogP contribution in [0.15, 0.2) is 24.3 Å². The third-order valence-corrected chi connectivity index (χ3v) is 3.99. The average molecular weight is 232 g/mol. The standard InChI is InChI=1S/C15H24N2/c1-15(2,11-16)14-5-3-4-13(10-14)12-6-8-17-9-7-12/h3-5,10,12,17H,6-9,11,16H2,1-2H3. The predicted molar refractivity (Wildman–Crippen MR) is 73.4 cm³/mol. The van der Waals surface area contributed by atoms with Crippen LogP contribution in [0.5, 0.6) is 0 Å². The molecule has 94 valence electrons. The summed E-state index contributed by atoms with van der Waals surface area (Å²) in [6.07, 6.45) is 2.51. The average Bonchev–Trinajstić information content (AvgIpc) is 2.40. The highest BCUT2D eigenvalue weighted by molar-refractivity contribution is 5.31. The molecular formula is C15H24N2. The third-order valence-electron chi connectivity index (χ3n) is 3.99. The first-order valence-corrected chi connectivity index (χ1v) is 6.65. The van der Waals surface area contributed by atoms with Crippen LogP contribution in [0.1, 0.15) is 43.7 Å². The van der Waals surface area contributed by atoms with Crippen molar-refractivity contribution in [2.24, 2.45) is 5.73 Å². The Kier molecular flexibility index (Phi) is 3.85. The van der Waals surface area contributed by atoms with E-state index in [9.17, 15) is 0 Å². The minimum atomic E-state index is 0.0862. The van der Waals surface area contributed by atoms with Crippen molar-refractivity contribution in [1.82, 2.24) is 5.32 Å². The Balaban J connectivity index is 2.21.